The highest BCUT2D eigenvalue weighted by atomic mass is 32.2. The van der Waals surface area contributed by atoms with E-state index in [-0.39, 0.29) is 0 Å². The predicted octanol–water partition coefficient (Wildman–Crippen LogP) is 2.12. The third kappa shape index (κ3) is 3.80. The summed E-state index contributed by atoms with van der Waals surface area (Å²) in [6.07, 6.45) is 4.55. The topological polar surface area (TPSA) is 95.6 Å². The molecule has 8 nitrogen and oxygen atoms in total. The smallest absolute Gasteiger partial charge is 0.175 e. The maximum Gasteiger partial charge on any atom is 0.175 e. The van der Waals surface area contributed by atoms with Gasteiger partial charge in [0.25, 0.3) is 0 Å². The fourth-order valence-electron chi connectivity index (χ4n) is 3.54. The Morgan fingerprint density at radius 3 is 3.11 bits per heavy atom. The molecule has 0 amide bonds. The van der Waals surface area contributed by atoms with Crippen molar-refractivity contribution in [2.75, 3.05) is 44.3 Å². The van der Waals surface area contributed by atoms with Crippen LogP contribution in [-0.4, -0.2) is 54.7 Å². The summed E-state index contributed by atoms with van der Waals surface area (Å²) >= 11 is 1.46. The van der Waals surface area contributed by atoms with Crippen molar-refractivity contribution < 1.29 is 14.2 Å². The number of hydrogen-bond donors (Lipinski definition) is 1. The molecule has 2 aliphatic heterocycles. The van der Waals surface area contributed by atoms with Crippen LogP contribution in [0.15, 0.2) is 28.4 Å². The van der Waals surface area contributed by atoms with Crippen LogP contribution in [0, 0.1) is 12.8 Å². The van der Waals surface area contributed by atoms with Crippen molar-refractivity contribution in [3.8, 4) is 5.75 Å². The van der Waals surface area contributed by atoms with Gasteiger partial charge in [0.1, 0.15) is 18.4 Å². The van der Waals surface area contributed by atoms with E-state index in [9.17, 15) is 0 Å². The molecule has 0 spiro atoms. The molecule has 27 heavy (non-hydrogen) atoms. The number of nitrogen functional groups attached to an aromatic ring is 1. The van der Waals surface area contributed by atoms with Crippen molar-refractivity contribution in [1.29, 1.82) is 0 Å². The fraction of sp³-hybridized carbons (Fsp3) is 0.500. The van der Waals surface area contributed by atoms with Crippen molar-refractivity contribution in [1.82, 2.24) is 15.0 Å². The van der Waals surface area contributed by atoms with Crippen LogP contribution in [0.1, 0.15) is 12.1 Å². The minimum Gasteiger partial charge on any atom is -0.486 e. The molecule has 2 aliphatic rings. The van der Waals surface area contributed by atoms with Crippen molar-refractivity contribution >= 4 is 23.4 Å². The highest BCUT2D eigenvalue weighted by Gasteiger charge is 2.38. The van der Waals surface area contributed by atoms with Crippen LogP contribution in [-0.2, 0) is 9.47 Å². The maximum absolute atomic E-state index is 6.10. The summed E-state index contributed by atoms with van der Waals surface area (Å²) in [5.74, 6) is 2.54. The van der Waals surface area contributed by atoms with E-state index in [2.05, 4.69) is 19.9 Å². The van der Waals surface area contributed by atoms with Crippen molar-refractivity contribution in [3.05, 3.63) is 24.2 Å². The summed E-state index contributed by atoms with van der Waals surface area (Å²) in [5, 5.41) is 0.673. The van der Waals surface area contributed by atoms with Crippen LogP contribution in [0.3, 0.4) is 0 Å². The van der Waals surface area contributed by atoms with Crippen LogP contribution in [0.5, 0.6) is 5.75 Å². The molecule has 1 fully saturated rings. The van der Waals surface area contributed by atoms with Crippen LogP contribution in [0.2, 0.25) is 0 Å². The molecule has 2 unspecified atom stereocenters. The summed E-state index contributed by atoms with van der Waals surface area (Å²) in [5.41, 5.74) is 6.82. The summed E-state index contributed by atoms with van der Waals surface area (Å²) < 4.78 is 16.6. The highest BCUT2D eigenvalue weighted by Crippen LogP contribution is 2.45. The van der Waals surface area contributed by atoms with Crippen molar-refractivity contribution in [3.63, 3.8) is 0 Å². The first kappa shape index (κ1) is 18.3. The van der Waals surface area contributed by atoms with Crippen LogP contribution < -0.4 is 15.4 Å². The summed E-state index contributed by atoms with van der Waals surface area (Å²) in [7, 11) is 1.64. The second kappa shape index (κ2) is 7.87. The lowest BCUT2D eigenvalue weighted by Gasteiger charge is -2.33. The predicted molar refractivity (Wildman–Crippen MR) is 102 cm³/mol. The van der Waals surface area contributed by atoms with Crippen LogP contribution in [0.25, 0.3) is 0 Å². The Kier molecular flexibility index (Phi) is 5.33. The third-order valence-corrected chi connectivity index (χ3v) is 5.74. The average Bonchev–Trinajstić information content (AvgIpc) is 3.08. The maximum atomic E-state index is 6.10. The summed E-state index contributed by atoms with van der Waals surface area (Å²) in [6.45, 7) is 4.42. The van der Waals surface area contributed by atoms with Gasteiger partial charge >= 0.3 is 0 Å². The van der Waals surface area contributed by atoms with Crippen LogP contribution >= 0.6 is 11.8 Å². The van der Waals surface area contributed by atoms with E-state index >= 15 is 0 Å². The lowest BCUT2D eigenvalue weighted by atomic mass is 10.1. The molecule has 2 aromatic heterocycles. The van der Waals surface area contributed by atoms with E-state index in [0.29, 0.717) is 42.8 Å². The zero-order valence-corrected chi connectivity index (χ0v) is 16.2. The van der Waals surface area contributed by atoms with Gasteiger partial charge in [-0.1, -0.05) is 11.8 Å². The molecule has 4 heterocycles. The lowest BCUT2D eigenvalue weighted by molar-refractivity contribution is -0.0414. The third-order valence-electron chi connectivity index (χ3n) is 4.69. The zero-order chi connectivity index (χ0) is 18.8. The Morgan fingerprint density at radius 1 is 1.41 bits per heavy atom. The molecule has 144 valence electrons. The first-order valence-electron chi connectivity index (χ1n) is 8.87. The standard InChI is InChI=1S/C18H23N5O3S/c1-11-6-21-18(16(19)22-11)27-14-3-4-20-17-15(14)26-9-13-5-12(7-23(13)17)8-25-10-24-2/h3-4,6,12-13H,5,7-10H2,1-2H3,(H2,19,22). The molecule has 9 heteroatoms. The summed E-state index contributed by atoms with van der Waals surface area (Å²) in [6, 6.07) is 2.26. The molecular weight excluding hydrogens is 366 g/mol. The van der Waals surface area contributed by atoms with Gasteiger partial charge in [-0.2, -0.15) is 0 Å². The van der Waals surface area contributed by atoms with E-state index < -0.39 is 0 Å². The molecule has 2 N–H and O–H groups in total. The Bertz CT molecular complexity index is 822. The second-order valence-corrected chi connectivity index (χ2v) is 7.79. The Labute approximate surface area is 162 Å². The number of methoxy groups -OCH3 is 1. The monoisotopic (exact) mass is 389 g/mol. The molecule has 2 aromatic rings. The molecule has 0 saturated carbocycles. The van der Waals surface area contributed by atoms with Gasteiger partial charge in [-0.05, 0) is 19.4 Å². The summed E-state index contributed by atoms with van der Waals surface area (Å²) in [4.78, 5) is 16.5. The van der Waals surface area contributed by atoms with Gasteiger partial charge in [0.15, 0.2) is 17.4 Å². The number of nitrogens with two attached hydrogens (primary N) is 1. The number of fused-ring (bicyclic) bond motifs is 3. The first-order chi connectivity index (χ1) is 13.2. The zero-order valence-electron chi connectivity index (χ0n) is 15.4. The molecular formula is C18H23N5O3S. The lowest BCUT2D eigenvalue weighted by Crippen LogP contribution is -2.39. The van der Waals surface area contributed by atoms with Crippen LogP contribution in [0.4, 0.5) is 11.6 Å². The van der Waals surface area contributed by atoms with Gasteiger partial charge in [0.2, 0.25) is 0 Å². The Morgan fingerprint density at radius 2 is 2.30 bits per heavy atom. The van der Waals surface area contributed by atoms with E-state index in [1.165, 1.54) is 11.8 Å². The largest absolute Gasteiger partial charge is 0.486 e. The van der Waals surface area contributed by atoms with Crippen molar-refractivity contribution in [2.45, 2.75) is 29.3 Å². The van der Waals surface area contributed by atoms with E-state index in [1.54, 1.807) is 19.5 Å². The number of nitrogens with zero attached hydrogens (tertiary/aromatic N) is 4. The molecule has 1 saturated heterocycles. The fourth-order valence-corrected chi connectivity index (χ4v) is 4.37. The molecule has 0 aromatic carbocycles. The van der Waals surface area contributed by atoms with E-state index in [1.807, 2.05) is 13.0 Å². The number of rotatable bonds is 6. The molecule has 4 rings (SSSR count). The minimum atomic E-state index is 0.325. The van der Waals surface area contributed by atoms with Gasteiger partial charge in [-0.3, -0.25) is 0 Å². The second-order valence-electron chi connectivity index (χ2n) is 6.76. The van der Waals surface area contributed by atoms with Gasteiger partial charge in [0, 0.05) is 32.0 Å². The number of aryl methyl sites for hydroxylation is 1. The van der Waals surface area contributed by atoms with Gasteiger partial charge in [-0.25, -0.2) is 15.0 Å². The molecule has 2 atom stereocenters. The average molecular weight is 389 g/mol. The molecule has 0 aliphatic carbocycles. The van der Waals surface area contributed by atoms with E-state index in [4.69, 9.17) is 19.9 Å². The molecule has 0 bridgehead atoms. The first-order valence-corrected chi connectivity index (χ1v) is 9.69. The highest BCUT2D eigenvalue weighted by molar-refractivity contribution is 7.99. The number of anilines is 2. The normalized spacial score (nSPS) is 20.9. The number of aromatic nitrogens is 3. The number of pyridine rings is 1. The SMILES string of the molecule is COCOCC1CC2COc3c(Sc4ncc(C)nc4N)ccnc3N2C1. The number of ether oxygens (including phenoxy) is 3. The van der Waals surface area contributed by atoms with Gasteiger partial charge in [0.05, 0.1) is 23.2 Å². The quantitative estimate of drug-likeness (QED) is 0.588. The van der Waals surface area contributed by atoms with E-state index in [0.717, 1.165) is 35.1 Å². The van der Waals surface area contributed by atoms with Gasteiger partial charge < -0.3 is 24.8 Å². The van der Waals surface area contributed by atoms with Gasteiger partial charge in [-0.15, -0.1) is 0 Å². The molecule has 0 radical (unpaired) electrons. The Hall–Kier alpha value is -2.10. The minimum absolute atomic E-state index is 0.325. The Balaban J connectivity index is 1.54. The number of hydrogen-bond acceptors (Lipinski definition) is 9. The van der Waals surface area contributed by atoms with Crippen molar-refractivity contribution in [2.24, 2.45) is 5.92 Å².